The summed E-state index contributed by atoms with van der Waals surface area (Å²) in [5, 5.41) is 7.99. The molecule has 0 bridgehead atoms. The Kier molecular flexibility index (Phi) is 4.90. The van der Waals surface area contributed by atoms with Crippen molar-refractivity contribution in [2.75, 3.05) is 0 Å². The molecule has 0 saturated carbocycles. The third-order valence-electron chi connectivity index (χ3n) is 0.919. The van der Waals surface area contributed by atoms with Crippen LogP contribution in [0.5, 0.6) is 0 Å². The minimum absolute atomic E-state index is 0.231. The van der Waals surface area contributed by atoms with E-state index in [0.29, 0.717) is 0 Å². The van der Waals surface area contributed by atoms with E-state index in [1.807, 2.05) is 12.1 Å². The van der Waals surface area contributed by atoms with Crippen LogP contribution in [0.15, 0.2) is 29.1 Å². The molecule has 0 aromatic carbocycles. The molecule has 0 radical (unpaired) electrons. The van der Waals surface area contributed by atoms with Gasteiger partial charge in [-0.3, -0.25) is 4.79 Å². The molecular formula is C8H12O3. The largest absolute Gasteiger partial charge is 0.481 e. The van der Waals surface area contributed by atoms with E-state index in [4.69, 9.17) is 5.11 Å². The second kappa shape index (κ2) is 5.53. The minimum Gasteiger partial charge on any atom is -0.481 e. The fraction of sp³-hybridized carbons (Fsp3) is 0.375. The summed E-state index contributed by atoms with van der Waals surface area (Å²) >= 11 is 0. The molecule has 1 aromatic rings. The van der Waals surface area contributed by atoms with Crippen LogP contribution in [0, 0.1) is 5.92 Å². The SMILES string of the molecule is CC(C)C(=O)O.c1ccoc1. The highest BCUT2D eigenvalue weighted by molar-refractivity contribution is 5.68. The van der Waals surface area contributed by atoms with Gasteiger partial charge in [-0.05, 0) is 12.1 Å². The molecular weight excluding hydrogens is 144 g/mol. The van der Waals surface area contributed by atoms with Gasteiger partial charge in [-0.15, -0.1) is 0 Å². The second-order valence-electron chi connectivity index (χ2n) is 2.29. The van der Waals surface area contributed by atoms with Crippen LogP contribution >= 0.6 is 0 Å². The van der Waals surface area contributed by atoms with E-state index in [9.17, 15) is 4.79 Å². The van der Waals surface area contributed by atoms with Gasteiger partial charge in [0.15, 0.2) is 0 Å². The molecule has 0 aliphatic rings. The van der Waals surface area contributed by atoms with Gasteiger partial charge in [0.1, 0.15) is 0 Å². The zero-order chi connectivity index (χ0) is 8.69. The summed E-state index contributed by atoms with van der Waals surface area (Å²) in [5.41, 5.74) is 0. The average molecular weight is 156 g/mol. The van der Waals surface area contributed by atoms with Crippen molar-refractivity contribution in [2.45, 2.75) is 13.8 Å². The van der Waals surface area contributed by atoms with Crippen LogP contribution in [0.1, 0.15) is 13.8 Å². The summed E-state index contributed by atoms with van der Waals surface area (Å²) in [6.45, 7) is 3.28. The maximum Gasteiger partial charge on any atom is 0.305 e. The number of carbonyl (C=O) groups is 1. The zero-order valence-corrected chi connectivity index (χ0v) is 6.65. The van der Waals surface area contributed by atoms with Gasteiger partial charge >= 0.3 is 5.97 Å². The molecule has 0 atom stereocenters. The molecule has 0 aliphatic heterocycles. The summed E-state index contributed by atoms with van der Waals surface area (Å²) in [6, 6.07) is 3.67. The van der Waals surface area contributed by atoms with Crippen LogP contribution in [-0.4, -0.2) is 11.1 Å². The molecule has 0 spiro atoms. The lowest BCUT2D eigenvalue weighted by molar-refractivity contribution is -0.140. The zero-order valence-electron chi connectivity index (χ0n) is 6.65. The molecule has 0 unspecified atom stereocenters. The molecule has 11 heavy (non-hydrogen) atoms. The Bertz CT molecular complexity index is 160. The van der Waals surface area contributed by atoms with Gasteiger partial charge in [0.05, 0.1) is 18.4 Å². The quantitative estimate of drug-likeness (QED) is 0.676. The lowest BCUT2D eigenvalue weighted by Crippen LogP contribution is -2.03. The summed E-state index contributed by atoms with van der Waals surface area (Å²) < 4.78 is 4.58. The Morgan fingerprint density at radius 2 is 1.73 bits per heavy atom. The Morgan fingerprint density at radius 1 is 1.36 bits per heavy atom. The van der Waals surface area contributed by atoms with Crippen molar-refractivity contribution in [1.29, 1.82) is 0 Å². The van der Waals surface area contributed by atoms with Gasteiger partial charge in [0.25, 0.3) is 0 Å². The van der Waals surface area contributed by atoms with Crippen molar-refractivity contribution in [1.82, 2.24) is 0 Å². The van der Waals surface area contributed by atoms with Gasteiger partial charge in [-0.1, -0.05) is 13.8 Å². The number of hydrogen-bond donors (Lipinski definition) is 1. The highest BCUT2D eigenvalue weighted by atomic mass is 16.4. The fourth-order valence-corrected chi connectivity index (χ4v) is 0.227. The number of hydrogen-bond acceptors (Lipinski definition) is 2. The predicted molar refractivity (Wildman–Crippen MR) is 41.2 cm³/mol. The van der Waals surface area contributed by atoms with Crippen LogP contribution in [0.2, 0.25) is 0 Å². The molecule has 3 nitrogen and oxygen atoms in total. The number of carboxylic acids is 1. The number of carboxylic acid groups (broad SMARTS) is 1. The predicted octanol–water partition coefficient (Wildman–Crippen LogP) is 2.01. The van der Waals surface area contributed by atoms with Crippen molar-refractivity contribution in [2.24, 2.45) is 5.92 Å². The summed E-state index contributed by atoms with van der Waals surface area (Å²) in [5.74, 6) is -0.972. The van der Waals surface area contributed by atoms with Gasteiger partial charge in [-0.2, -0.15) is 0 Å². The molecule has 0 aliphatic carbocycles. The summed E-state index contributed by atoms with van der Waals surface area (Å²) in [6.07, 6.45) is 3.25. The molecule has 0 amide bonds. The van der Waals surface area contributed by atoms with Crippen LogP contribution in [0.3, 0.4) is 0 Å². The van der Waals surface area contributed by atoms with Crippen molar-refractivity contribution in [3.8, 4) is 0 Å². The lowest BCUT2D eigenvalue weighted by Gasteiger charge is -1.89. The first-order valence-corrected chi connectivity index (χ1v) is 3.34. The van der Waals surface area contributed by atoms with E-state index in [-0.39, 0.29) is 5.92 Å². The Hall–Kier alpha value is -1.25. The molecule has 3 heteroatoms. The normalized spacial score (nSPS) is 8.64. The first-order chi connectivity index (χ1) is 5.14. The monoisotopic (exact) mass is 156 g/mol. The van der Waals surface area contributed by atoms with E-state index >= 15 is 0 Å². The molecule has 1 heterocycles. The van der Waals surface area contributed by atoms with E-state index in [2.05, 4.69) is 4.42 Å². The van der Waals surface area contributed by atoms with E-state index in [1.165, 1.54) is 0 Å². The van der Waals surface area contributed by atoms with Crippen LogP contribution in [0.4, 0.5) is 0 Å². The number of aliphatic carboxylic acids is 1. The molecule has 0 fully saturated rings. The van der Waals surface area contributed by atoms with Crippen LogP contribution in [-0.2, 0) is 4.79 Å². The third-order valence-corrected chi connectivity index (χ3v) is 0.919. The van der Waals surface area contributed by atoms with Gasteiger partial charge < -0.3 is 9.52 Å². The van der Waals surface area contributed by atoms with Crippen molar-refractivity contribution >= 4 is 5.97 Å². The van der Waals surface area contributed by atoms with Crippen LogP contribution in [0.25, 0.3) is 0 Å². The summed E-state index contributed by atoms with van der Waals surface area (Å²) in [4.78, 5) is 9.70. The molecule has 1 aromatic heterocycles. The van der Waals surface area contributed by atoms with E-state index in [0.717, 1.165) is 0 Å². The van der Waals surface area contributed by atoms with Crippen LogP contribution < -0.4 is 0 Å². The van der Waals surface area contributed by atoms with Crippen molar-refractivity contribution < 1.29 is 14.3 Å². The first kappa shape index (κ1) is 9.75. The number of furan rings is 1. The second-order valence-corrected chi connectivity index (χ2v) is 2.29. The third kappa shape index (κ3) is 6.64. The minimum atomic E-state index is -0.741. The topological polar surface area (TPSA) is 50.4 Å². The molecule has 1 rings (SSSR count). The van der Waals surface area contributed by atoms with Crippen molar-refractivity contribution in [3.05, 3.63) is 24.7 Å². The highest BCUT2D eigenvalue weighted by Gasteiger charge is 1.99. The fourth-order valence-electron chi connectivity index (χ4n) is 0.227. The van der Waals surface area contributed by atoms with Crippen molar-refractivity contribution in [3.63, 3.8) is 0 Å². The average Bonchev–Trinajstić information content (AvgIpc) is 2.41. The highest BCUT2D eigenvalue weighted by Crippen LogP contribution is 1.87. The smallest absolute Gasteiger partial charge is 0.305 e. The number of rotatable bonds is 1. The first-order valence-electron chi connectivity index (χ1n) is 3.34. The Balaban J connectivity index is 0.000000183. The lowest BCUT2D eigenvalue weighted by atomic mass is 10.2. The van der Waals surface area contributed by atoms with E-state index < -0.39 is 5.97 Å². The maximum absolute atomic E-state index is 9.70. The van der Waals surface area contributed by atoms with E-state index in [1.54, 1.807) is 26.4 Å². The molecule has 0 saturated heterocycles. The van der Waals surface area contributed by atoms with Gasteiger partial charge in [0.2, 0.25) is 0 Å². The maximum atomic E-state index is 9.70. The Morgan fingerprint density at radius 3 is 1.82 bits per heavy atom. The van der Waals surface area contributed by atoms with Gasteiger partial charge in [-0.25, -0.2) is 0 Å². The Labute approximate surface area is 65.6 Å². The molecule has 1 N–H and O–H groups in total. The summed E-state index contributed by atoms with van der Waals surface area (Å²) in [7, 11) is 0. The standard InChI is InChI=1S/C4H8O2.C4H4O/c1-3(2)4(5)6;1-2-4-5-3-1/h3H,1-2H3,(H,5,6);1-4H. The molecule has 62 valence electrons. The van der Waals surface area contributed by atoms with Gasteiger partial charge in [0, 0.05) is 0 Å².